The Kier molecular flexibility index (Phi) is 3.68. The Morgan fingerprint density at radius 1 is 1.20 bits per heavy atom. The molecule has 0 aromatic rings. The van der Waals surface area contributed by atoms with Gasteiger partial charge in [0.2, 0.25) is 0 Å². The fraction of sp³-hybridized carbons (Fsp3) is 1.00. The molecule has 0 aliphatic heterocycles. The first-order chi connectivity index (χ1) is 7.20. The largest absolute Gasteiger partial charge is 0.329 e. The predicted molar refractivity (Wildman–Crippen MR) is 64.7 cm³/mol. The summed E-state index contributed by atoms with van der Waals surface area (Å²) in [5.74, 6) is 1.78. The number of hydrogen-bond donors (Lipinski definition) is 1. The molecule has 2 N–H and O–H groups in total. The van der Waals surface area contributed by atoms with Gasteiger partial charge in [0.1, 0.15) is 0 Å². The Bertz CT molecular complexity index is 195. The first-order valence-corrected chi connectivity index (χ1v) is 6.66. The van der Waals surface area contributed by atoms with Crippen LogP contribution in [0.1, 0.15) is 46.0 Å². The maximum atomic E-state index is 5.94. The third-order valence-electron chi connectivity index (χ3n) is 3.67. The Labute approximate surface area is 94.2 Å². The van der Waals surface area contributed by atoms with E-state index < -0.39 is 0 Å². The third-order valence-corrected chi connectivity index (χ3v) is 3.67. The third kappa shape index (κ3) is 3.46. The maximum absolute atomic E-state index is 5.94. The molecule has 0 saturated heterocycles. The fourth-order valence-electron chi connectivity index (χ4n) is 2.51. The second kappa shape index (κ2) is 4.84. The zero-order valence-electron chi connectivity index (χ0n) is 10.3. The molecule has 2 nitrogen and oxygen atoms in total. The lowest BCUT2D eigenvalue weighted by Gasteiger charge is -2.32. The monoisotopic (exact) mass is 210 g/mol. The van der Waals surface area contributed by atoms with Gasteiger partial charge in [0.25, 0.3) is 0 Å². The molecule has 2 rings (SSSR count). The van der Waals surface area contributed by atoms with Crippen molar-refractivity contribution >= 4 is 0 Å². The van der Waals surface area contributed by atoms with Crippen molar-refractivity contribution in [2.75, 3.05) is 13.1 Å². The summed E-state index contributed by atoms with van der Waals surface area (Å²) < 4.78 is 0. The Hall–Kier alpha value is -0.0800. The van der Waals surface area contributed by atoms with Gasteiger partial charge in [-0.1, -0.05) is 13.8 Å². The highest BCUT2D eigenvalue weighted by Crippen LogP contribution is 2.36. The van der Waals surface area contributed by atoms with E-state index in [9.17, 15) is 0 Å². The first kappa shape index (κ1) is 11.4. The van der Waals surface area contributed by atoms with Gasteiger partial charge in [0.05, 0.1) is 0 Å². The van der Waals surface area contributed by atoms with Crippen molar-refractivity contribution in [2.45, 2.75) is 58.0 Å². The number of nitrogens with two attached hydrogens (primary N) is 1. The predicted octanol–water partition coefficient (Wildman–Crippen LogP) is 2.23. The van der Waals surface area contributed by atoms with Crippen molar-refractivity contribution in [3.05, 3.63) is 0 Å². The van der Waals surface area contributed by atoms with Crippen molar-refractivity contribution in [3.63, 3.8) is 0 Å². The van der Waals surface area contributed by atoms with Crippen LogP contribution in [0.3, 0.4) is 0 Å². The molecule has 0 radical (unpaired) electrons. The molecule has 15 heavy (non-hydrogen) atoms. The van der Waals surface area contributed by atoms with E-state index in [1.165, 1.54) is 38.6 Å². The van der Waals surface area contributed by atoms with Crippen LogP contribution >= 0.6 is 0 Å². The van der Waals surface area contributed by atoms with E-state index in [4.69, 9.17) is 5.73 Å². The summed E-state index contributed by atoms with van der Waals surface area (Å²) in [6.07, 6.45) is 7.03. The standard InChI is InChI=1S/C13H26N2/c1-10(2)7-13(8-14)15(12-5-6-12)9-11-3-4-11/h10-13H,3-9,14H2,1-2H3. The molecule has 0 bridgehead atoms. The van der Waals surface area contributed by atoms with E-state index in [-0.39, 0.29) is 0 Å². The minimum absolute atomic E-state index is 0.651. The molecule has 88 valence electrons. The molecular weight excluding hydrogens is 184 g/mol. The molecule has 1 unspecified atom stereocenters. The molecule has 0 heterocycles. The molecule has 0 aromatic heterocycles. The van der Waals surface area contributed by atoms with Gasteiger partial charge in [0, 0.05) is 25.2 Å². The van der Waals surface area contributed by atoms with Crippen LogP contribution < -0.4 is 5.73 Å². The summed E-state index contributed by atoms with van der Waals surface area (Å²) in [4.78, 5) is 2.73. The lowest BCUT2D eigenvalue weighted by Crippen LogP contribution is -2.44. The molecule has 2 heteroatoms. The quantitative estimate of drug-likeness (QED) is 0.698. The Balaban J connectivity index is 1.87. The van der Waals surface area contributed by atoms with Crippen LogP contribution in [-0.4, -0.2) is 30.1 Å². The molecule has 0 spiro atoms. The highest BCUT2D eigenvalue weighted by Gasteiger charge is 2.37. The van der Waals surface area contributed by atoms with E-state index in [2.05, 4.69) is 18.7 Å². The van der Waals surface area contributed by atoms with Gasteiger partial charge in [-0.15, -0.1) is 0 Å². The van der Waals surface area contributed by atoms with E-state index in [1.807, 2.05) is 0 Å². The van der Waals surface area contributed by atoms with Crippen molar-refractivity contribution in [2.24, 2.45) is 17.6 Å². The fourth-order valence-corrected chi connectivity index (χ4v) is 2.51. The average molecular weight is 210 g/mol. The number of hydrogen-bond acceptors (Lipinski definition) is 2. The van der Waals surface area contributed by atoms with Crippen LogP contribution in [0.15, 0.2) is 0 Å². The highest BCUT2D eigenvalue weighted by atomic mass is 15.2. The van der Waals surface area contributed by atoms with Crippen molar-refractivity contribution < 1.29 is 0 Å². The molecule has 2 saturated carbocycles. The molecular formula is C13H26N2. The second-order valence-corrected chi connectivity index (χ2v) is 5.89. The summed E-state index contributed by atoms with van der Waals surface area (Å²) in [5, 5.41) is 0. The topological polar surface area (TPSA) is 29.3 Å². The molecule has 2 aliphatic rings. The molecule has 1 atom stereocenters. The maximum Gasteiger partial charge on any atom is 0.0223 e. The molecule has 0 aromatic carbocycles. The van der Waals surface area contributed by atoms with Crippen LogP contribution in [-0.2, 0) is 0 Å². The van der Waals surface area contributed by atoms with E-state index >= 15 is 0 Å². The normalized spacial score (nSPS) is 23.8. The van der Waals surface area contributed by atoms with Gasteiger partial charge < -0.3 is 5.73 Å². The zero-order valence-corrected chi connectivity index (χ0v) is 10.3. The number of nitrogens with zero attached hydrogens (tertiary/aromatic N) is 1. The van der Waals surface area contributed by atoms with Crippen LogP contribution in [0.25, 0.3) is 0 Å². The van der Waals surface area contributed by atoms with Crippen LogP contribution in [0.2, 0.25) is 0 Å². The van der Waals surface area contributed by atoms with Gasteiger partial charge in [-0.05, 0) is 43.9 Å². The summed E-state index contributed by atoms with van der Waals surface area (Å²) >= 11 is 0. The minimum atomic E-state index is 0.651. The molecule has 0 amide bonds. The molecule has 2 aliphatic carbocycles. The van der Waals surface area contributed by atoms with Gasteiger partial charge in [-0.25, -0.2) is 0 Å². The lowest BCUT2D eigenvalue weighted by molar-refractivity contribution is 0.161. The van der Waals surface area contributed by atoms with Gasteiger partial charge in [-0.2, -0.15) is 0 Å². The van der Waals surface area contributed by atoms with E-state index in [0.29, 0.717) is 6.04 Å². The van der Waals surface area contributed by atoms with Crippen LogP contribution in [0, 0.1) is 11.8 Å². The van der Waals surface area contributed by atoms with Gasteiger partial charge >= 0.3 is 0 Å². The highest BCUT2D eigenvalue weighted by molar-refractivity contribution is 4.92. The molecule has 2 fully saturated rings. The van der Waals surface area contributed by atoms with Crippen LogP contribution in [0.4, 0.5) is 0 Å². The second-order valence-electron chi connectivity index (χ2n) is 5.89. The van der Waals surface area contributed by atoms with Crippen molar-refractivity contribution in [3.8, 4) is 0 Å². The van der Waals surface area contributed by atoms with E-state index in [0.717, 1.165) is 24.4 Å². The number of rotatable bonds is 7. The van der Waals surface area contributed by atoms with Gasteiger partial charge in [-0.3, -0.25) is 4.90 Å². The summed E-state index contributed by atoms with van der Waals surface area (Å²) in [7, 11) is 0. The van der Waals surface area contributed by atoms with Crippen molar-refractivity contribution in [1.29, 1.82) is 0 Å². The van der Waals surface area contributed by atoms with E-state index in [1.54, 1.807) is 0 Å². The zero-order chi connectivity index (χ0) is 10.8. The van der Waals surface area contributed by atoms with Gasteiger partial charge in [0.15, 0.2) is 0 Å². The smallest absolute Gasteiger partial charge is 0.0223 e. The Morgan fingerprint density at radius 2 is 1.87 bits per heavy atom. The minimum Gasteiger partial charge on any atom is -0.329 e. The van der Waals surface area contributed by atoms with Crippen LogP contribution in [0.5, 0.6) is 0 Å². The summed E-state index contributed by atoms with van der Waals surface area (Å²) in [5.41, 5.74) is 5.94. The SMILES string of the molecule is CC(C)CC(CN)N(CC1CC1)C1CC1. The lowest BCUT2D eigenvalue weighted by atomic mass is 10.0. The average Bonchev–Trinajstić information content (AvgIpc) is 3.00. The Morgan fingerprint density at radius 3 is 2.27 bits per heavy atom. The summed E-state index contributed by atoms with van der Waals surface area (Å²) in [6.45, 7) is 6.80. The van der Waals surface area contributed by atoms with Crippen molar-refractivity contribution in [1.82, 2.24) is 4.90 Å². The summed E-state index contributed by atoms with van der Waals surface area (Å²) in [6, 6.07) is 1.54. The first-order valence-electron chi connectivity index (χ1n) is 6.66.